The second kappa shape index (κ2) is 6.20. The van der Waals surface area contributed by atoms with Crippen LogP contribution in [-0.2, 0) is 0 Å². The van der Waals surface area contributed by atoms with Crippen molar-refractivity contribution in [1.29, 1.82) is 0 Å². The number of hydrogen-bond acceptors (Lipinski definition) is 1. The highest BCUT2D eigenvalue weighted by atomic mass is 79.9. The summed E-state index contributed by atoms with van der Waals surface area (Å²) in [6, 6.07) is 12.7. The predicted molar refractivity (Wildman–Crippen MR) is 94.7 cm³/mol. The number of benzene rings is 2. The minimum Gasteiger partial charge on any atom is -0.381 e. The Bertz CT molecular complexity index is 649. The van der Waals surface area contributed by atoms with Gasteiger partial charge in [-0.3, -0.25) is 0 Å². The fourth-order valence-electron chi connectivity index (χ4n) is 2.72. The van der Waals surface area contributed by atoms with Crippen LogP contribution in [0.3, 0.4) is 0 Å². The minimum atomic E-state index is 0.501. The molecular weight excluding hydrogens is 369 g/mol. The average molecular weight is 385 g/mol. The summed E-state index contributed by atoms with van der Waals surface area (Å²) < 4.78 is 1.07. The molecule has 0 unspecified atom stereocenters. The summed E-state index contributed by atoms with van der Waals surface area (Å²) in [4.78, 5) is 0. The van der Waals surface area contributed by atoms with Crippen molar-refractivity contribution in [3.63, 3.8) is 0 Å². The maximum absolute atomic E-state index is 6.20. The number of rotatable bonds is 3. The quantitative estimate of drug-likeness (QED) is 0.643. The van der Waals surface area contributed by atoms with Gasteiger partial charge >= 0.3 is 0 Å². The van der Waals surface area contributed by atoms with Gasteiger partial charge in [0.2, 0.25) is 0 Å². The van der Waals surface area contributed by atoms with E-state index in [0.29, 0.717) is 12.0 Å². The third-order valence-electron chi connectivity index (χ3n) is 4.09. The summed E-state index contributed by atoms with van der Waals surface area (Å²) in [5.74, 6) is 0.625. The van der Waals surface area contributed by atoms with Crippen molar-refractivity contribution < 1.29 is 0 Å². The molecule has 1 saturated carbocycles. The van der Waals surface area contributed by atoms with E-state index in [0.717, 1.165) is 38.6 Å². The fourth-order valence-corrected chi connectivity index (χ4v) is 3.58. The Morgan fingerprint density at radius 3 is 2.43 bits per heavy atom. The molecule has 21 heavy (non-hydrogen) atoms. The monoisotopic (exact) mass is 383 g/mol. The molecule has 1 aliphatic rings. The maximum Gasteiger partial charge on any atom is 0.0501 e. The van der Waals surface area contributed by atoms with Gasteiger partial charge < -0.3 is 5.32 Å². The molecule has 3 rings (SSSR count). The number of hydrogen-bond donors (Lipinski definition) is 1. The zero-order valence-corrected chi connectivity index (χ0v) is 14.8. The number of halogens is 3. The van der Waals surface area contributed by atoms with E-state index in [4.69, 9.17) is 23.2 Å². The van der Waals surface area contributed by atoms with Crippen molar-refractivity contribution in [3.8, 4) is 0 Å². The maximum atomic E-state index is 6.20. The predicted octanol–water partition coefficient (Wildman–Crippen LogP) is 6.42. The lowest BCUT2D eigenvalue weighted by atomic mass is 9.76. The average Bonchev–Trinajstić information content (AvgIpc) is 2.40. The zero-order chi connectivity index (χ0) is 15.0. The normalized spacial score (nSPS) is 21.0. The standard InChI is InChI=1S/C17H16BrCl2N/c1-10-6-15(18)17(9-16(10)20)21-14-7-12(8-14)11-2-4-13(19)5-3-11/h2-6,9,12,14,21H,7-8H2,1H3. The van der Waals surface area contributed by atoms with Gasteiger partial charge in [0.25, 0.3) is 0 Å². The third kappa shape index (κ3) is 3.39. The summed E-state index contributed by atoms with van der Waals surface area (Å²) in [6.45, 7) is 2.01. The van der Waals surface area contributed by atoms with E-state index < -0.39 is 0 Å². The molecule has 0 amide bonds. The van der Waals surface area contributed by atoms with Crippen LogP contribution in [0.1, 0.15) is 29.9 Å². The Morgan fingerprint density at radius 2 is 1.76 bits per heavy atom. The fraction of sp³-hybridized carbons (Fsp3) is 0.294. The molecule has 0 radical (unpaired) electrons. The molecule has 1 fully saturated rings. The highest BCUT2D eigenvalue weighted by Crippen LogP contribution is 2.40. The lowest BCUT2D eigenvalue weighted by molar-refractivity contribution is 0.374. The van der Waals surface area contributed by atoms with Crippen molar-refractivity contribution in [1.82, 2.24) is 0 Å². The molecule has 1 nitrogen and oxygen atoms in total. The number of aryl methyl sites for hydroxylation is 1. The summed E-state index contributed by atoms with van der Waals surface area (Å²) in [6.07, 6.45) is 2.28. The molecule has 0 atom stereocenters. The van der Waals surface area contributed by atoms with Gasteiger partial charge in [0.05, 0.1) is 5.69 Å². The SMILES string of the molecule is Cc1cc(Br)c(NC2CC(c3ccc(Cl)cc3)C2)cc1Cl. The first-order chi connectivity index (χ1) is 10.0. The van der Waals surface area contributed by atoms with Crippen LogP contribution in [0.25, 0.3) is 0 Å². The Balaban J connectivity index is 1.62. The van der Waals surface area contributed by atoms with E-state index in [1.54, 1.807) is 0 Å². The molecule has 2 aromatic carbocycles. The van der Waals surface area contributed by atoms with Gasteiger partial charge in [-0.05, 0) is 77.0 Å². The molecule has 0 aliphatic heterocycles. The zero-order valence-electron chi connectivity index (χ0n) is 11.7. The molecule has 0 aromatic heterocycles. The van der Waals surface area contributed by atoms with Gasteiger partial charge in [-0.15, -0.1) is 0 Å². The summed E-state index contributed by atoms with van der Waals surface area (Å²) in [5, 5.41) is 5.17. The Labute approximate surface area is 143 Å². The summed E-state index contributed by atoms with van der Waals surface area (Å²) >= 11 is 15.7. The topological polar surface area (TPSA) is 12.0 Å². The van der Waals surface area contributed by atoms with Crippen LogP contribution in [0.4, 0.5) is 5.69 Å². The van der Waals surface area contributed by atoms with Crippen LogP contribution in [0.15, 0.2) is 40.9 Å². The Hall–Kier alpha value is -0.700. The minimum absolute atomic E-state index is 0.501. The first-order valence-electron chi connectivity index (χ1n) is 7.00. The molecular formula is C17H16BrCl2N. The van der Waals surface area contributed by atoms with E-state index in [9.17, 15) is 0 Å². The van der Waals surface area contributed by atoms with Crippen molar-refractivity contribution in [2.45, 2.75) is 31.7 Å². The van der Waals surface area contributed by atoms with Gasteiger partial charge in [-0.1, -0.05) is 35.3 Å². The van der Waals surface area contributed by atoms with Gasteiger partial charge in [-0.2, -0.15) is 0 Å². The van der Waals surface area contributed by atoms with Crippen LogP contribution < -0.4 is 5.32 Å². The lowest BCUT2D eigenvalue weighted by Crippen LogP contribution is -2.34. The Kier molecular flexibility index (Phi) is 4.49. The van der Waals surface area contributed by atoms with Crippen molar-refractivity contribution in [2.24, 2.45) is 0 Å². The molecule has 1 aliphatic carbocycles. The van der Waals surface area contributed by atoms with Crippen molar-refractivity contribution in [3.05, 3.63) is 62.0 Å². The molecule has 0 saturated heterocycles. The second-order valence-electron chi connectivity index (χ2n) is 5.64. The van der Waals surface area contributed by atoms with E-state index in [1.807, 2.05) is 25.1 Å². The summed E-state index contributed by atoms with van der Waals surface area (Å²) in [7, 11) is 0. The summed E-state index contributed by atoms with van der Waals surface area (Å²) in [5.41, 5.74) is 3.53. The largest absolute Gasteiger partial charge is 0.381 e. The molecule has 110 valence electrons. The second-order valence-corrected chi connectivity index (χ2v) is 7.34. The van der Waals surface area contributed by atoms with E-state index in [1.165, 1.54) is 5.56 Å². The number of anilines is 1. The smallest absolute Gasteiger partial charge is 0.0501 e. The van der Waals surface area contributed by atoms with Gasteiger partial charge in [0, 0.05) is 20.6 Å². The highest BCUT2D eigenvalue weighted by Gasteiger charge is 2.30. The first-order valence-corrected chi connectivity index (χ1v) is 8.55. The van der Waals surface area contributed by atoms with Crippen molar-refractivity contribution in [2.75, 3.05) is 5.32 Å². The molecule has 1 N–H and O–H groups in total. The van der Waals surface area contributed by atoms with Crippen molar-refractivity contribution >= 4 is 44.8 Å². The van der Waals surface area contributed by atoms with E-state index in [2.05, 4.69) is 39.4 Å². The molecule has 2 aromatic rings. The van der Waals surface area contributed by atoms with Gasteiger partial charge in [0.1, 0.15) is 0 Å². The molecule has 0 heterocycles. The molecule has 0 spiro atoms. The third-order valence-corrected chi connectivity index (χ3v) is 5.40. The first kappa shape index (κ1) is 15.2. The number of nitrogens with one attached hydrogen (secondary N) is 1. The van der Waals surface area contributed by atoms with Crippen LogP contribution in [0.2, 0.25) is 10.0 Å². The van der Waals surface area contributed by atoms with Gasteiger partial charge in [-0.25, -0.2) is 0 Å². The van der Waals surface area contributed by atoms with E-state index in [-0.39, 0.29) is 0 Å². The van der Waals surface area contributed by atoms with E-state index >= 15 is 0 Å². The lowest BCUT2D eigenvalue weighted by Gasteiger charge is -2.37. The van der Waals surface area contributed by atoms with Crippen LogP contribution in [-0.4, -0.2) is 6.04 Å². The highest BCUT2D eigenvalue weighted by molar-refractivity contribution is 9.10. The van der Waals surface area contributed by atoms with Crippen LogP contribution in [0, 0.1) is 6.92 Å². The molecule has 4 heteroatoms. The van der Waals surface area contributed by atoms with Gasteiger partial charge in [0.15, 0.2) is 0 Å². The van der Waals surface area contributed by atoms with Crippen LogP contribution in [0.5, 0.6) is 0 Å². The Morgan fingerprint density at radius 1 is 1.10 bits per heavy atom. The van der Waals surface area contributed by atoms with Crippen LogP contribution >= 0.6 is 39.1 Å². The molecule has 0 bridgehead atoms.